The van der Waals surface area contributed by atoms with E-state index in [-0.39, 0.29) is 23.5 Å². The third-order valence-corrected chi connectivity index (χ3v) is 5.33. The molecule has 4 rings (SSSR count). The minimum atomic E-state index is -0.597. The maximum atomic E-state index is 12.5. The number of ether oxygens (including phenoxy) is 1. The molecule has 4 nitrogen and oxygen atoms in total. The molecular formula is C17H19NO3. The van der Waals surface area contributed by atoms with Crippen LogP contribution in [0.25, 0.3) is 0 Å². The lowest BCUT2D eigenvalue weighted by Gasteiger charge is -2.56. The van der Waals surface area contributed by atoms with Gasteiger partial charge in [-0.15, -0.1) is 0 Å². The van der Waals surface area contributed by atoms with Crippen LogP contribution in [0, 0.1) is 11.8 Å². The van der Waals surface area contributed by atoms with Crippen LogP contribution in [0.3, 0.4) is 0 Å². The first kappa shape index (κ1) is 12.9. The van der Waals surface area contributed by atoms with E-state index >= 15 is 0 Å². The van der Waals surface area contributed by atoms with Gasteiger partial charge in [0.15, 0.2) is 5.72 Å². The summed E-state index contributed by atoms with van der Waals surface area (Å²) in [6, 6.07) is 7.86. The summed E-state index contributed by atoms with van der Waals surface area (Å²) in [5.41, 5.74) is 0.426. The van der Waals surface area contributed by atoms with Crippen molar-refractivity contribution < 1.29 is 14.3 Å². The molecular weight excluding hydrogens is 266 g/mol. The Kier molecular flexibility index (Phi) is 2.65. The summed E-state index contributed by atoms with van der Waals surface area (Å²) in [5, 5.41) is 3.05. The van der Waals surface area contributed by atoms with E-state index in [2.05, 4.69) is 5.32 Å². The molecule has 4 heteroatoms. The lowest BCUT2D eigenvalue weighted by atomic mass is 9.61. The molecule has 1 N–H and O–H groups in total. The van der Waals surface area contributed by atoms with Gasteiger partial charge in [-0.25, -0.2) is 0 Å². The normalized spacial score (nSPS) is 36.8. The minimum Gasteiger partial charge on any atom is -0.467 e. The van der Waals surface area contributed by atoms with E-state index in [0.717, 1.165) is 37.0 Å². The summed E-state index contributed by atoms with van der Waals surface area (Å²) < 4.78 is 6.25. The lowest BCUT2D eigenvalue weighted by Crippen LogP contribution is -2.69. The molecule has 1 aromatic carbocycles. The zero-order valence-electron chi connectivity index (χ0n) is 12.1. The third kappa shape index (κ3) is 1.68. The molecule has 2 fully saturated rings. The van der Waals surface area contributed by atoms with Crippen LogP contribution in [0.15, 0.2) is 24.3 Å². The first-order valence-electron chi connectivity index (χ1n) is 7.73. The number of carbonyl (C=O) groups is 2. The van der Waals surface area contributed by atoms with Crippen LogP contribution in [0.2, 0.25) is 0 Å². The second-order valence-electron chi connectivity index (χ2n) is 6.49. The molecule has 2 aliphatic heterocycles. The number of amides is 1. The zero-order chi connectivity index (χ0) is 14.6. The predicted octanol–water partition coefficient (Wildman–Crippen LogP) is 2.38. The highest BCUT2D eigenvalue weighted by atomic mass is 16.5. The summed E-state index contributed by atoms with van der Waals surface area (Å²) in [6.45, 7) is 1.53. The molecule has 1 aliphatic carbocycles. The quantitative estimate of drug-likeness (QED) is 0.806. The molecule has 0 unspecified atom stereocenters. The van der Waals surface area contributed by atoms with Gasteiger partial charge in [0.1, 0.15) is 17.5 Å². The maximum absolute atomic E-state index is 12.5. The average molecular weight is 285 g/mol. The fourth-order valence-corrected chi connectivity index (χ4v) is 4.51. The number of piperidine rings is 1. The van der Waals surface area contributed by atoms with E-state index in [1.807, 2.05) is 24.3 Å². The molecule has 2 heterocycles. The first-order chi connectivity index (χ1) is 10.1. The summed E-state index contributed by atoms with van der Waals surface area (Å²) in [7, 11) is 0. The van der Waals surface area contributed by atoms with E-state index in [4.69, 9.17) is 4.74 Å². The molecule has 21 heavy (non-hydrogen) atoms. The van der Waals surface area contributed by atoms with Gasteiger partial charge in [0.2, 0.25) is 5.91 Å². The van der Waals surface area contributed by atoms with E-state index in [1.165, 1.54) is 6.92 Å². The Morgan fingerprint density at radius 2 is 2.14 bits per heavy atom. The van der Waals surface area contributed by atoms with Crippen LogP contribution < -0.4 is 10.1 Å². The highest BCUT2D eigenvalue weighted by Crippen LogP contribution is 2.55. The fraction of sp³-hybridized carbons (Fsp3) is 0.529. The molecule has 1 saturated heterocycles. The Labute approximate surface area is 123 Å². The van der Waals surface area contributed by atoms with Crippen molar-refractivity contribution in [2.45, 2.75) is 44.2 Å². The van der Waals surface area contributed by atoms with Gasteiger partial charge in [-0.3, -0.25) is 9.59 Å². The van der Waals surface area contributed by atoms with E-state index in [0.29, 0.717) is 0 Å². The summed E-state index contributed by atoms with van der Waals surface area (Å²) in [6.07, 6.45) is 4.02. The number of nitrogens with one attached hydrogen (secondary N) is 1. The van der Waals surface area contributed by atoms with Gasteiger partial charge < -0.3 is 10.1 Å². The van der Waals surface area contributed by atoms with Gasteiger partial charge in [-0.05, 0) is 31.4 Å². The topological polar surface area (TPSA) is 55.4 Å². The van der Waals surface area contributed by atoms with Gasteiger partial charge >= 0.3 is 0 Å². The molecule has 0 spiro atoms. The van der Waals surface area contributed by atoms with Crippen LogP contribution in [0.4, 0.5) is 0 Å². The van der Waals surface area contributed by atoms with Gasteiger partial charge in [-0.1, -0.05) is 24.6 Å². The number of para-hydroxylation sites is 1. The summed E-state index contributed by atoms with van der Waals surface area (Å²) >= 11 is 0. The number of carbonyl (C=O) groups excluding carboxylic acids is 2. The molecule has 3 aliphatic rings. The number of fused-ring (bicyclic) bond motifs is 2. The van der Waals surface area contributed by atoms with Crippen molar-refractivity contribution in [1.29, 1.82) is 0 Å². The standard InChI is InChI=1S/C17H19NO3/c1-10(19)14-15-11-6-2-3-8-13(11)21-17(18-16(14)20)9-5-4-7-12(15)17/h2-3,6,8,12,14-15H,4-5,7,9H2,1H3,(H,18,20)/t12-,14-,15-,17-/m1/s1. The van der Waals surface area contributed by atoms with Crippen molar-refractivity contribution in [3.63, 3.8) is 0 Å². The second kappa shape index (κ2) is 4.33. The predicted molar refractivity (Wildman–Crippen MR) is 76.8 cm³/mol. The van der Waals surface area contributed by atoms with Crippen molar-refractivity contribution >= 4 is 11.7 Å². The molecule has 1 aromatic rings. The molecule has 0 radical (unpaired) electrons. The molecule has 1 amide bonds. The minimum absolute atomic E-state index is 0.0403. The average Bonchev–Trinajstić information content (AvgIpc) is 2.45. The number of hydrogen-bond acceptors (Lipinski definition) is 3. The Bertz CT molecular complexity index is 626. The summed E-state index contributed by atoms with van der Waals surface area (Å²) in [5.74, 6) is 0.195. The van der Waals surface area contributed by atoms with Gasteiger partial charge in [-0.2, -0.15) is 0 Å². The van der Waals surface area contributed by atoms with Gasteiger partial charge in [0, 0.05) is 18.3 Å². The maximum Gasteiger partial charge on any atom is 0.234 e. The number of Topliss-reactive ketones (excluding diaryl/α,β-unsaturated/α-hetero) is 1. The first-order valence-corrected chi connectivity index (χ1v) is 7.73. The number of hydrogen-bond donors (Lipinski definition) is 1. The van der Waals surface area contributed by atoms with Crippen molar-refractivity contribution in [1.82, 2.24) is 5.32 Å². The number of benzene rings is 1. The second-order valence-corrected chi connectivity index (χ2v) is 6.49. The van der Waals surface area contributed by atoms with E-state index in [1.54, 1.807) is 0 Å². The molecule has 1 saturated carbocycles. The molecule has 110 valence electrons. The zero-order valence-corrected chi connectivity index (χ0v) is 12.1. The van der Waals surface area contributed by atoms with Crippen molar-refractivity contribution in [2.24, 2.45) is 11.8 Å². The summed E-state index contributed by atoms with van der Waals surface area (Å²) in [4.78, 5) is 24.6. The lowest BCUT2D eigenvalue weighted by molar-refractivity contribution is -0.160. The highest BCUT2D eigenvalue weighted by Gasteiger charge is 2.59. The van der Waals surface area contributed by atoms with Crippen LogP contribution in [0.1, 0.15) is 44.1 Å². The number of rotatable bonds is 1. The SMILES string of the molecule is CC(=O)[C@H]1C(=O)N[C@@]23CCCC[C@@H]2[C@H]1c1ccccc1O3. The van der Waals surface area contributed by atoms with E-state index < -0.39 is 11.6 Å². The Hall–Kier alpha value is -1.84. The molecule has 0 aromatic heterocycles. The fourth-order valence-electron chi connectivity index (χ4n) is 4.51. The number of ketones is 1. The van der Waals surface area contributed by atoms with Crippen LogP contribution >= 0.6 is 0 Å². The monoisotopic (exact) mass is 285 g/mol. The highest BCUT2D eigenvalue weighted by molar-refractivity contribution is 6.02. The Morgan fingerprint density at radius 1 is 1.33 bits per heavy atom. The molecule has 2 bridgehead atoms. The smallest absolute Gasteiger partial charge is 0.234 e. The molecule has 4 atom stereocenters. The van der Waals surface area contributed by atoms with Crippen LogP contribution in [0.5, 0.6) is 5.75 Å². The van der Waals surface area contributed by atoms with Gasteiger partial charge in [0.05, 0.1) is 0 Å². The van der Waals surface area contributed by atoms with Crippen molar-refractivity contribution in [2.75, 3.05) is 0 Å². The van der Waals surface area contributed by atoms with Crippen molar-refractivity contribution in [3.05, 3.63) is 29.8 Å². The Morgan fingerprint density at radius 3 is 2.95 bits per heavy atom. The Balaban J connectivity index is 1.92. The van der Waals surface area contributed by atoms with Crippen LogP contribution in [-0.2, 0) is 9.59 Å². The largest absolute Gasteiger partial charge is 0.467 e. The van der Waals surface area contributed by atoms with Crippen molar-refractivity contribution in [3.8, 4) is 5.75 Å². The van der Waals surface area contributed by atoms with E-state index in [9.17, 15) is 9.59 Å². The van der Waals surface area contributed by atoms with Gasteiger partial charge in [0.25, 0.3) is 0 Å². The van der Waals surface area contributed by atoms with Crippen LogP contribution in [-0.4, -0.2) is 17.4 Å². The third-order valence-electron chi connectivity index (χ3n) is 5.33.